The maximum atomic E-state index is 10.7. The van der Waals surface area contributed by atoms with Crippen molar-refractivity contribution in [3.8, 4) is 0 Å². The molecule has 0 aliphatic carbocycles. The Bertz CT molecular complexity index is 674. The van der Waals surface area contributed by atoms with Gasteiger partial charge in [0.2, 0.25) is 0 Å². The maximum Gasteiger partial charge on any atom is 0.469 e. The topological polar surface area (TPSA) is 130 Å². The van der Waals surface area contributed by atoms with E-state index < -0.39 is 25.1 Å². The highest BCUT2D eigenvalue weighted by molar-refractivity contribution is 6.43. The lowest BCUT2D eigenvalue weighted by atomic mass is 9.76. The third-order valence-electron chi connectivity index (χ3n) is 3.76. The zero-order valence-electron chi connectivity index (χ0n) is 14.7. The van der Waals surface area contributed by atoms with Crippen LogP contribution in [0.4, 0.5) is 0 Å². The van der Waals surface area contributed by atoms with E-state index in [9.17, 15) is 4.79 Å². The molecule has 0 radical (unpaired) electrons. The second-order valence-electron chi connectivity index (χ2n) is 6.49. The zero-order chi connectivity index (χ0) is 19.0. The highest BCUT2D eigenvalue weighted by atomic mass is 16.4. The number of carbonyl (C=O) groups is 1. The van der Waals surface area contributed by atoms with Gasteiger partial charge in [-0.05, 0) is 35.1 Å². The molecule has 0 aromatic heterocycles. The molecular formula is C18H27BN2O4. The van der Waals surface area contributed by atoms with Crippen LogP contribution < -0.4 is 11.5 Å². The summed E-state index contributed by atoms with van der Waals surface area (Å²) < 4.78 is 0. The van der Waals surface area contributed by atoms with E-state index in [1.165, 1.54) is 0 Å². The number of benzene rings is 2. The Kier molecular flexibility index (Phi) is 8.58. The molecule has 0 aliphatic rings. The van der Waals surface area contributed by atoms with Gasteiger partial charge in [-0.2, -0.15) is 0 Å². The second-order valence-corrected chi connectivity index (χ2v) is 6.49. The Balaban J connectivity index is 0.000000299. The largest absolute Gasteiger partial charge is 0.480 e. The molecule has 7 heteroatoms. The average Bonchev–Trinajstić information content (AvgIpc) is 2.55. The molecule has 136 valence electrons. The third kappa shape index (κ3) is 7.23. The van der Waals surface area contributed by atoms with Crippen LogP contribution in [-0.4, -0.2) is 40.2 Å². The minimum absolute atomic E-state index is 0.358. The lowest BCUT2D eigenvalue weighted by molar-refractivity contribution is -0.138. The molecule has 2 rings (SSSR count). The third-order valence-corrected chi connectivity index (χ3v) is 3.76. The molecule has 2 aromatic carbocycles. The van der Waals surface area contributed by atoms with Crippen molar-refractivity contribution < 1.29 is 19.9 Å². The van der Waals surface area contributed by atoms with E-state index in [2.05, 4.69) is 0 Å². The molecule has 0 spiro atoms. The molecule has 0 fully saturated rings. The number of aliphatic carboxylic acids is 1. The van der Waals surface area contributed by atoms with Gasteiger partial charge in [0, 0.05) is 5.94 Å². The van der Waals surface area contributed by atoms with E-state index in [1.54, 1.807) is 0 Å². The monoisotopic (exact) mass is 346 g/mol. The minimum atomic E-state index is -1.37. The molecule has 0 bridgehead atoms. The standard InChI is InChI=1S/C13H13NO2.C5H14BNO2/c14-12(13(15)16)8-10-6-3-5-9-4-1-2-7-11(9)10;1-4(2)3-5(7)6(8)9/h1-7,12H,8,14H2,(H,15,16);4-5,8-9H,3,7H2,1-2H3/t12-;5-/m00/s1. The fourth-order valence-corrected chi connectivity index (χ4v) is 2.46. The van der Waals surface area contributed by atoms with E-state index in [1.807, 2.05) is 56.3 Å². The van der Waals surface area contributed by atoms with Gasteiger partial charge in [0.1, 0.15) is 6.04 Å². The number of carboxylic acids is 1. The highest BCUT2D eigenvalue weighted by Crippen LogP contribution is 2.19. The first-order valence-corrected chi connectivity index (χ1v) is 8.29. The first-order valence-electron chi connectivity index (χ1n) is 8.29. The molecule has 25 heavy (non-hydrogen) atoms. The first kappa shape index (κ1) is 21.1. The fourth-order valence-electron chi connectivity index (χ4n) is 2.46. The lowest BCUT2D eigenvalue weighted by Crippen LogP contribution is -2.39. The normalized spacial score (nSPS) is 13.1. The van der Waals surface area contributed by atoms with E-state index >= 15 is 0 Å². The van der Waals surface area contributed by atoms with Crippen LogP contribution in [-0.2, 0) is 11.2 Å². The predicted octanol–water partition coefficient (Wildman–Crippen LogP) is 1.17. The van der Waals surface area contributed by atoms with Gasteiger partial charge < -0.3 is 26.6 Å². The van der Waals surface area contributed by atoms with Gasteiger partial charge in [-0.25, -0.2) is 0 Å². The van der Waals surface area contributed by atoms with Gasteiger partial charge in [0.25, 0.3) is 0 Å². The number of fused-ring (bicyclic) bond motifs is 1. The number of nitrogens with two attached hydrogens (primary N) is 2. The van der Waals surface area contributed by atoms with Crippen molar-refractivity contribution in [3.63, 3.8) is 0 Å². The first-order chi connectivity index (χ1) is 11.7. The summed E-state index contributed by atoms with van der Waals surface area (Å²) in [6, 6.07) is 12.9. The Labute approximate surface area is 148 Å². The number of hydrogen-bond acceptors (Lipinski definition) is 5. The molecular weight excluding hydrogens is 319 g/mol. The molecule has 0 saturated heterocycles. The van der Waals surface area contributed by atoms with Crippen LogP contribution >= 0.6 is 0 Å². The molecule has 0 aliphatic heterocycles. The molecule has 0 amide bonds. The van der Waals surface area contributed by atoms with Crippen molar-refractivity contribution in [2.75, 3.05) is 0 Å². The zero-order valence-corrected chi connectivity index (χ0v) is 14.7. The van der Waals surface area contributed by atoms with Crippen molar-refractivity contribution in [3.05, 3.63) is 48.0 Å². The molecule has 6 nitrogen and oxygen atoms in total. The fraction of sp³-hybridized carbons (Fsp3) is 0.389. The summed E-state index contributed by atoms with van der Waals surface area (Å²) in [5.41, 5.74) is 11.8. The average molecular weight is 346 g/mol. The van der Waals surface area contributed by atoms with Crippen LogP contribution in [0, 0.1) is 5.92 Å². The summed E-state index contributed by atoms with van der Waals surface area (Å²) >= 11 is 0. The van der Waals surface area contributed by atoms with Crippen LogP contribution in [0.15, 0.2) is 42.5 Å². The van der Waals surface area contributed by atoms with Gasteiger partial charge >= 0.3 is 13.1 Å². The molecule has 0 unspecified atom stereocenters. The number of hydrogen-bond donors (Lipinski definition) is 5. The SMILES string of the molecule is CC(C)C[C@H](N)B(O)O.N[C@@H](Cc1cccc2ccccc12)C(=O)O. The lowest BCUT2D eigenvalue weighted by Gasteiger charge is -2.11. The molecule has 2 atom stereocenters. The Hall–Kier alpha value is -1.93. The van der Waals surface area contributed by atoms with E-state index in [-0.39, 0.29) is 0 Å². The smallest absolute Gasteiger partial charge is 0.469 e. The van der Waals surface area contributed by atoms with Gasteiger partial charge in [0.05, 0.1) is 0 Å². The van der Waals surface area contributed by atoms with Crippen LogP contribution in [0.5, 0.6) is 0 Å². The Morgan fingerprint density at radius 1 is 1.08 bits per heavy atom. The summed E-state index contributed by atoms with van der Waals surface area (Å²) in [6.07, 6.45) is 1.01. The number of rotatable bonds is 6. The van der Waals surface area contributed by atoms with Crippen molar-refractivity contribution in [1.29, 1.82) is 0 Å². The van der Waals surface area contributed by atoms with Crippen molar-refractivity contribution in [2.24, 2.45) is 17.4 Å². The van der Waals surface area contributed by atoms with E-state index in [0.717, 1.165) is 16.3 Å². The van der Waals surface area contributed by atoms with Crippen LogP contribution in [0.3, 0.4) is 0 Å². The van der Waals surface area contributed by atoms with Gasteiger partial charge in [-0.15, -0.1) is 0 Å². The van der Waals surface area contributed by atoms with Crippen molar-refractivity contribution >= 4 is 23.9 Å². The predicted molar refractivity (Wildman–Crippen MR) is 101 cm³/mol. The number of carboxylic acid groups (broad SMARTS) is 1. The molecule has 0 heterocycles. The van der Waals surface area contributed by atoms with Gasteiger partial charge in [0.15, 0.2) is 0 Å². The van der Waals surface area contributed by atoms with Crippen LogP contribution in [0.1, 0.15) is 25.8 Å². The summed E-state index contributed by atoms with van der Waals surface area (Å²) in [5, 5.41) is 28.0. The van der Waals surface area contributed by atoms with E-state index in [4.69, 9.17) is 26.6 Å². The Morgan fingerprint density at radius 3 is 2.20 bits per heavy atom. The summed E-state index contributed by atoms with van der Waals surface area (Å²) in [6.45, 7) is 3.98. The maximum absolute atomic E-state index is 10.7. The molecule has 7 N–H and O–H groups in total. The second kappa shape index (κ2) is 10.2. The van der Waals surface area contributed by atoms with Crippen molar-refractivity contribution in [2.45, 2.75) is 38.7 Å². The highest BCUT2D eigenvalue weighted by Gasteiger charge is 2.18. The molecule has 0 saturated carbocycles. The molecule has 2 aromatic rings. The van der Waals surface area contributed by atoms with Gasteiger partial charge in [-0.3, -0.25) is 4.79 Å². The Morgan fingerprint density at radius 2 is 1.68 bits per heavy atom. The van der Waals surface area contributed by atoms with Crippen LogP contribution in [0.2, 0.25) is 0 Å². The summed E-state index contributed by atoms with van der Waals surface area (Å²) in [5.74, 6) is -1.04. The van der Waals surface area contributed by atoms with E-state index in [0.29, 0.717) is 18.8 Å². The quantitative estimate of drug-likeness (QED) is 0.499. The summed E-state index contributed by atoms with van der Waals surface area (Å²) in [7, 11) is -1.37. The van der Waals surface area contributed by atoms with Crippen molar-refractivity contribution in [1.82, 2.24) is 0 Å². The van der Waals surface area contributed by atoms with Gasteiger partial charge in [-0.1, -0.05) is 56.3 Å². The minimum Gasteiger partial charge on any atom is -0.480 e. The van der Waals surface area contributed by atoms with Crippen LogP contribution in [0.25, 0.3) is 10.8 Å². The summed E-state index contributed by atoms with van der Waals surface area (Å²) in [4.78, 5) is 10.7.